The van der Waals surface area contributed by atoms with Crippen LogP contribution in [0.1, 0.15) is 15.3 Å². The first-order valence-electron chi connectivity index (χ1n) is 6.19. The lowest BCUT2D eigenvalue weighted by Gasteiger charge is -2.07. The van der Waals surface area contributed by atoms with Crippen molar-refractivity contribution in [2.45, 2.75) is 11.2 Å². The number of hydrogen-bond donors (Lipinski definition) is 0. The van der Waals surface area contributed by atoms with Crippen molar-refractivity contribution < 1.29 is 8.78 Å². The van der Waals surface area contributed by atoms with E-state index in [0.717, 1.165) is 20.5 Å². The number of alkyl halides is 1. The largest absolute Gasteiger partial charge is 0.207 e. The molecule has 4 heteroatoms. The van der Waals surface area contributed by atoms with Crippen LogP contribution in [-0.2, 0) is 6.42 Å². The van der Waals surface area contributed by atoms with Crippen LogP contribution in [0, 0.1) is 11.6 Å². The Labute approximate surface area is 128 Å². The van der Waals surface area contributed by atoms with Gasteiger partial charge in [-0.2, -0.15) is 0 Å². The van der Waals surface area contributed by atoms with Gasteiger partial charge in [-0.15, -0.1) is 11.3 Å². The van der Waals surface area contributed by atoms with Crippen LogP contribution >= 0.6 is 27.3 Å². The highest BCUT2D eigenvalue weighted by atomic mass is 79.9. The normalized spacial score (nSPS) is 12.8. The number of rotatable bonds is 3. The number of fused-ring (bicyclic) bond motifs is 1. The Morgan fingerprint density at radius 3 is 2.60 bits per heavy atom. The van der Waals surface area contributed by atoms with Crippen LogP contribution in [0.2, 0.25) is 0 Å². The van der Waals surface area contributed by atoms with E-state index >= 15 is 0 Å². The predicted molar refractivity (Wildman–Crippen MR) is 83.6 cm³/mol. The van der Waals surface area contributed by atoms with Crippen LogP contribution in [0.3, 0.4) is 0 Å². The van der Waals surface area contributed by atoms with Crippen molar-refractivity contribution in [2.24, 2.45) is 0 Å². The van der Waals surface area contributed by atoms with E-state index < -0.39 is 0 Å². The Morgan fingerprint density at radius 2 is 1.80 bits per heavy atom. The maximum Gasteiger partial charge on any atom is 0.124 e. The van der Waals surface area contributed by atoms with Crippen LogP contribution in [0.5, 0.6) is 0 Å². The summed E-state index contributed by atoms with van der Waals surface area (Å²) in [6, 6.07) is 13.5. The molecule has 102 valence electrons. The topological polar surface area (TPSA) is 0 Å². The van der Waals surface area contributed by atoms with Gasteiger partial charge >= 0.3 is 0 Å². The van der Waals surface area contributed by atoms with Crippen molar-refractivity contribution in [3.05, 3.63) is 70.6 Å². The third-order valence-corrected chi connectivity index (χ3v) is 5.45. The first-order valence-corrected chi connectivity index (χ1v) is 7.92. The van der Waals surface area contributed by atoms with Crippen LogP contribution < -0.4 is 0 Å². The summed E-state index contributed by atoms with van der Waals surface area (Å²) < 4.78 is 27.3. The molecule has 0 spiro atoms. The highest BCUT2D eigenvalue weighted by Crippen LogP contribution is 2.36. The molecule has 3 aromatic rings. The second-order valence-corrected chi connectivity index (χ2v) is 6.85. The molecule has 3 rings (SSSR count). The van der Waals surface area contributed by atoms with E-state index in [1.54, 1.807) is 35.6 Å². The molecule has 0 nitrogen and oxygen atoms in total. The molecule has 1 atom stereocenters. The lowest BCUT2D eigenvalue weighted by Crippen LogP contribution is -1.93. The summed E-state index contributed by atoms with van der Waals surface area (Å²) in [6.07, 6.45) is 0.701. The molecule has 0 N–H and O–H groups in total. The van der Waals surface area contributed by atoms with Gasteiger partial charge in [0.1, 0.15) is 11.6 Å². The first-order chi connectivity index (χ1) is 9.61. The maximum atomic E-state index is 13.2. The molecule has 0 bridgehead atoms. The monoisotopic (exact) mass is 352 g/mol. The van der Waals surface area contributed by atoms with Gasteiger partial charge in [-0.3, -0.25) is 0 Å². The molecule has 0 aliphatic heterocycles. The summed E-state index contributed by atoms with van der Waals surface area (Å²) in [5.41, 5.74) is 0.940. The molecule has 1 unspecified atom stereocenters. The molecule has 2 aromatic carbocycles. The van der Waals surface area contributed by atoms with Crippen LogP contribution in [0.15, 0.2) is 48.5 Å². The Kier molecular flexibility index (Phi) is 3.85. The molecule has 0 radical (unpaired) electrons. The predicted octanol–water partition coefficient (Wildman–Crippen LogP) is 5.86. The van der Waals surface area contributed by atoms with Crippen molar-refractivity contribution in [3.8, 4) is 0 Å². The Morgan fingerprint density at radius 1 is 1.00 bits per heavy atom. The zero-order valence-corrected chi connectivity index (χ0v) is 12.8. The van der Waals surface area contributed by atoms with Crippen molar-refractivity contribution in [2.75, 3.05) is 0 Å². The smallest absolute Gasteiger partial charge is 0.124 e. The number of thiophene rings is 1. The van der Waals surface area contributed by atoms with E-state index in [1.165, 1.54) is 12.1 Å². The van der Waals surface area contributed by atoms with Crippen molar-refractivity contribution in [3.63, 3.8) is 0 Å². The summed E-state index contributed by atoms with van der Waals surface area (Å²) in [6.45, 7) is 0. The Hall–Kier alpha value is -1.26. The molecule has 0 amide bonds. The molecule has 0 saturated carbocycles. The minimum Gasteiger partial charge on any atom is -0.207 e. The molecule has 0 fully saturated rings. The van der Waals surface area contributed by atoms with E-state index in [4.69, 9.17) is 0 Å². The highest BCUT2D eigenvalue weighted by Gasteiger charge is 2.13. The lowest BCUT2D eigenvalue weighted by molar-refractivity contribution is 0.625. The van der Waals surface area contributed by atoms with Gasteiger partial charge in [-0.1, -0.05) is 34.1 Å². The Bertz CT molecular complexity index is 751. The van der Waals surface area contributed by atoms with Crippen molar-refractivity contribution >= 4 is 37.4 Å². The SMILES string of the molecule is Fc1cccc(CC(Br)c2cc3ccc(F)cc3s2)c1. The number of benzene rings is 2. The molecule has 0 aliphatic rings. The molecular weight excluding hydrogens is 342 g/mol. The molecule has 0 saturated heterocycles. The van der Waals surface area contributed by atoms with E-state index in [0.29, 0.717) is 6.42 Å². The molecule has 20 heavy (non-hydrogen) atoms. The quantitative estimate of drug-likeness (QED) is 0.518. The van der Waals surface area contributed by atoms with Gasteiger partial charge in [0.25, 0.3) is 0 Å². The Balaban J connectivity index is 1.86. The standard InChI is InChI=1S/C16H11BrF2S/c17-14(7-10-2-1-3-12(18)6-10)16-8-11-4-5-13(19)9-15(11)20-16/h1-6,8-9,14H,7H2. The second kappa shape index (κ2) is 5.62. The maximum absolute atomic E-state index is 13.2. The van der Waals surface area contributed by atoms with Crippen molar-refractivity contribution in [1.29, 1.82) is 0 Å². The van der Waals surface area contributed by atoms with Crippen molar-refractivity contribution in [1.82, 2.24) is 0 Å². The van der Waals surface area contributed by atoms with E-state index in [9.17, 15) is 8.78 Å². The molecule has 1 aromatic heterocycles. The minimum atomic E-state index is -0.222. The van der Waals surface area contributed by atoms with Gasteiger partial charge in [0.15, 0.2) is 0 Å². The van der Waals surface area contributed by atoms with Gasteiger partial charge in [-0.05, 0) is 47.7 Å². The minimum absolute atomic E-state index is 0.102. The fourth-order valence-corrected chi connectivity index (χ4v) is 4.01. The third-order valence-electron chi connectivity index (χ3n) is 3.11. The number of hydrogen-bond acceptors (Lipinski definition) is 1. The highest BCUT2D eigenvalue weighted by molar-refractivity contribution is 9.09. The second-order valence-electron chi connectivity index (χ2n) is 4.63. The van der Waals surface area contributed by atoms with E-state index in [1.807, 2.05) is 6.07 Å². The number of halogens is 3. The van der Waals surface area contributed by atoms with Crippen LogP contribution in [-0.4, -0.2) is 0 Å². The van der Waals surface area contributed by atoms with Gasteiger partial charge in [0.05, 0.1) is 4.83 Å². The zero-order chi connectivity index (χ0) is 14.1. The lowest BCUT2D eigenvalue weighted by atomic mass is 10.1. The molecular formula is C16H11BrF2S. The fraction of sp³-hybridized carbons (Fsp3) is 0.125. The average Bonchev–Trinajstić information content (AvgIpc) is 2.81. The fourth-order valence-electron chi connectivity index (χ4n) is 2.15. The van der Waals surface area contributed by atoms with E-state index in [-0.39, 0.29) is 16.5 Å². The molecule has 0 aliphatic carbocycles. The summed E-state index contributed by atoms with van der Waals surface area (Å²) in [5.74, 6) is -0.442. The molecule has 1 heterocycles. The van der Waals surface area contributed by atoms with E-state index in [2.05, 4.69) is 22.0 Å². The van der Waals surface area contributed by atoms with Gasteiger partial charge in [0, 0.05) is 9.58 Å². The van der Waals surface area contributed by atoms with Crippen LogP contribution in [0.4, 0.5) is 8.78 Å². The zero-order valence-electron chi connectivity index (χ0n) is 10.4. The van der Waals surface area contributed by atoms with Crippen LogP contribution in [0.25, 0.3) is 10.1 Å². The van der Waals surface area contributed by atoms with Gasteiger partial charge in [0.2, 0.25) is 0 Å². The summed E-state index contributed by atoms with van der Waals surface area (Å²) in [4.78, 5) is 1.22. The van der Waals surface area contributed by atoms with Gasteiger partial charge in [-0.25, -0.2) is 8.78 Å². The van der Waals surface area contributed by atoms with Gasteiger partial charge < -0.3 is 0 Å². The average molecular weight is 353 g/mol. The summed E-state index contributed by atoms with van der Waals surface area (Å²) >= 11 is 5.20. The third kappa shape index (κ3) is 2.91. The summed E-state index contributed by atoms with van der Waals surface area (Å²) in [7, 11) is 0. The summed E-state index contributed by atoms with van der Waals surface area (Å²) in [5, 5.41) is 1.04. The first kappa shape index (κ1) is 13.7.